The van der Waals surface area contributed by atoms with Crippen molar-refractivity contribution >= 4 is 17.2 Å². The first-order chi connectivity index (χ1) is 9.03. The van der Waals surface area contributed by atoms with E-state index in [2.05, 4.69) is 36.4 Å². The lowest BCUT2D eigenvalue weighted by molar-refractivity contribution is -0.126. The van der Waals surface area contributed by atoms with Crippen molar-refractivity contribution < 1.29 is 4.79 Å². The Labute approximate surface area is 119 Å². The number of hydrogen-bond acceptors (Lipinski definition) is 4. The molecular weight excluding hydrogens is 258 g/mol. The van der Waals surface area contributed by atoms with Gasteiger partial charge in [0.15, 0.2) is 0 Å². The molecule has 0 bridgehead atoms. The molecule has 1 aliphatic heterocycles. The second-order valence-corrected chi connectivity index (χ2v) is 6.97. The summed E-state index contributed by atoms with van der Waals surface area (Å²) in [6.45, 7) is 7.89. The molecular formula is C14H23N3OS. The van der Waals surface area contributed by atoms with Gasteiger partial charge in [-0.05, 0) is 31.2 Å². The number of hydrogen-bond donors (Lipinski definition) is 2. The molecule has 1 unspecified atom stereocenters. The molecule has 5 heteroatoms. The van der Waals surface area contributed by atoms with Crippen LogP contribution in [0.4, 0.5) is 0 Å². The third kappa shape index (κ3) is 3.54. The summed E-state index contributed by atoms with van der Waals surface area (Å²) in [6.07, 6.45) is 5.14. The quantitative estimate of drug-likeness (QED) is 0.888. The second-order valence-electron chi connectivity index (χ2n) is 5.77. The first-order valence-electron chi connectivity index (χ1n) is 6.97. The lowest BCUT2D eigenvalue weighted by Gasteiger charge is -2.38. The first-order valence-corrected chi connectivity index (χ1v) is 7.79. The van der Waals surface area contributed by atoms with Crippen molar-refractivity contribution in [3.63, 3.8) is 0 Å². The summed E-state index contributed by atoms with van der Waals surface area (Å²) < 4.78 is 0. The molecule has 1 atom stereocenters. The maximum atomic E-state index is 12.3. The average molecular weight is 281 g/mol. The van der Waals surface area contributed by atoms with Gasteiger partial charge >= 0.3 is 0 Å². The van der Waals surface area contributed by atoms with Crippen LogP contribution in [0, 0.1) is 5.41 Å². The van der Waals surface area contributed by atoms with Crippen molar-refractivity contribution in [2.75, 3.05) is 6.54 Å². The van der Waals surface area contributed by atoms with Gasteiger partial charge in [0.2, 0.25) is 5.91 Å². The highest BCUT2D eigenvalue weighted by atomic mass is 32.1. The predicted molar refractivity (Wildman–Crippen MR) is 78.1 cm³/mol. The molecule has 2 heterocycles. The van der Waals surface area contributed by atoms with Crippen LogP contribution in [0.15, 0.2) is 6.20 Å². The molecule has 1 fully saturated rings. The van der Waals surface area contributed by atoms with Crippen molar-refractivity contribution in [2.45, 2.75) is 52.6 Å². The number of nitrogens with zero attached hydrogens (tertiary/aromatic N) is 1. The average Bonchev–Trinajstić information content (AvgIpc) is 2.83. The van der Waals surface area contributed by atoms with Crippen LogP contribution in [0.5, 0.6) is 0 Å². The zero-order valence-corrected chi connectivity index (χ0v) is 12.8. The number of carbonyl (C=O) groups excluding carboxylic acids is 1. The minimum atomic E-state index is -0.0909. The van der Waals surface area contributed by atoms with E-state index in [0.29, 0.717) is 6.54 Å². The fourth-order valence-electron chi connectivity index (χ4n) is 2.52. The van der Waals surface area contributed by atoms with Gasteiger partial charge in [-0.2, -0.15) is 0 Å². The monoisotopic (exact) mass is 281 g/mol. The molecule has 0 saturated carbocycles. The summed E-state index contributed by atoms with van der Waals surface area (Å²) in [5, 5.41) is 7.33. The van der Waals surface area contributed by atoms with Gasteiger partial charge in [-0.15, -0.1) is 11.3 Å². The lowest BCUT2D eigenvalue weighted by Crippen LogP contribution is -2.55. The second kappa shape index (κ2) is 6.01. The highest BCUT2D eigenvalue weighted by molar-refractivity contribution is 7.11. The lowest BCUT2D eigenvalue weighted by atomic mass is 9.77. The Hall–Kier alpha value is -0.940. The Balaban J connectivity index is 1.90. The minimum absolute atomic E-state index is 0.0276. The van der Waals surface area contributed by atoms with Gasteiger partial charge in [0.1, 0.15) is 5.01 Å². The standard InChI is InChI=1S/C14H23N3OS/c1-4-10-8-16-11(19-10)9-17-13(18)12-14(2,3)6-5-7-15-12/h8,12,15H,4-7,9H2,1-3H3,(H,17,18). The molecule has 0 aliphatic carbocycles. The Morgan fingerprint density at radius 1 is 1.63 bits per heavy atom. The third-order valence-electron chi connectivity index (χ3n) is 3.75. The predicted octanol–water partition coefficient (Wildman–Crippen LogP) is 2.10. The van der Waals surface area contributed by atoms with Crippen LogP contribution >= 0.6 is 11.3 Å². The maximum absolute atomic E-state index is 12.3. The summed E-state index contributed by atoms with van der Waals surface area (Å²) in [7, 11) is 0. The van der Waals surface area contributed by atoms with Gasteiger partial charge in [0, 0.05) is 11.1 Å². The summed E-state index contributed by atoms with van der Waals surface area (Å²) in [4.78, 5) is 17.9. The van der Waals surface area contributed by atoms with Crippen LogP contribution < -0.4 is 10.6 Å². The van der Waals surface area contributed by atoms with Crippen molar-refractivity contribution in [3.05, 3.63) is 16.1 Å². The summed E-state index contributed by atoms with van der Waals surface area (Å²) in [5.41, 5.74) is 0.0276. The van der Waals surface area contributed by atoms with E-state index in [1.807, 2.05) is 6.20 Å². The van der Waals surface area contributed by atoms with Crippen LogP contribution in [0.25, 0.3) is 0 Å². The zero-order valence-electron chi connectivity index (χ0n) is 12.0. The highest BCUT2D eigenvalue weighted by Crippen LogP contribution is 2.30. The Morgan fingerprint density at radius 2 is 2.42 bits per heavy atom. The number of piperidine rings is 1. The fraction of sp³-hybridized carbons (Fsp3) is 0.714. The minimum Gasteiger partial charge on any atom is -0.348 e. The molecule has 106 valence electrons. The fourth-order valence-corrected chi connectivity index (χ4v) is 3.32. The molecule has 0 spiro atoms. The van der Waals surface area contributed by atoms with Crippen LogP contribution in [0.2, 0.25) is 0 Å². The number of aromatic nitrogens is 1. The number of carbonyl (C=O) groups is 1. The van der Waals surface area contributed by atoms with E-state index in [9.17, 15) is 4.79 Å². The number of aryl methyl sites for hydroxylation is 1. The normalized spacial score (nSPS) is 22.2. The van der Waals surface area contributed by atoms with Crippen LogP contribution in [0.1, 0.15) is 43.5 Å². The number of thiazole rings is 1. The van der Waals surface area contributed by atoms with E-state index < -0.39 is 0 Å². The Morgan fingerprint density at radius 3 is 3.05 bits per heavy atom. The molecule has 1 amide bonds. The van der Waals surface area contributed by atoms with Gasteiger partial charge < -0.3 is 10.6 Å². The van der Waals surface area contributed by atoms with Crippen LogP contribution in [-0.4, -0.2) is 23.5 Å². The Bertz CT molecular complexity index is 442. The van der Waals surface area contributed by atoms with E-state index in [0.717, 1.165) is 30.8 Å². The first kappa shape index (κ1) is 14.5. The molecule has 1 saturated heterocycles. The Kier molecular flexibility index (Phi) is 4.58. The third-order valence-corrected chi connectivity index (χ3v) is 4.90. The summed E-state index contributed by atoms with van der Waals surface area (Å²) in [5.74, 6) is 0.0953. The van der Waals surface area contributed by atoms with Crippen molar-refractivity contribution in [1.82, 2.24) is 15.6 Å². The van der Waals surface area contributed by atoms with Crippen LogP contribution in [0.3, 0.4) is 0 Å². The summed E-state index contributed by atoms with van der Waals surface area (Å²) in [6, 6.07) is -0.0909. The number of nitrogens with one attached hydrogen (secondary N) is 2. The molecule has 1 aliphatic rings. The molecule has 1 aromatic rings. The molecule has 2 rings (SSSR count). The topological polar surface area (TPSA) is 54.0 Å². The van der Waals surface area contributed by atoms with Gasteiger partial charge in [-0.1, -0.05) is 20.8 Å². The largest absolute Gasteiger partial charge is 0.348 e. The SMILES string of the molecule is CCc1cnc(CNC(=O)C2NCCCC2(C)C)s1. The molecule has 0 aromatic carbocycles. The van der Waals surface area contributed by atoms with E-state index in [-0.39, 0.29) is 17.4 Å². The molecule has 4 nitrogen and oxygen atoms in total. The van der Waals surface area contributed by atoms with Gasteiger partial charge in [-0.3, -0.25) is 4.79 Å². The van der Waals surface area contributed by atoms with Crippen molar-refractivity contribution in [2.24, 2.45) is 5.41 Å². The van der Waals surface area contributed by atoms with E-state index in [1.165, 1.54) is 4.88 Å². The zero-order chi connectivity index (χ0) is 13.9. The van der Waals surface area contributed by atoms with Gasteiger partial charge in [-0.25, -0.2) is 4.98 Å². The smallest absolute Gasteiger partial charge is 0.238 e. The number of rotatable bonds is 4. The van der Waals surface area contributed by atoms with E-state index >= 15 is 0 Å². The molecule has 19 heavy (non-hydrogen) atoms. The van der Waals surface area contributed by atoms with Crippen molar-refractivity contribution in [3.8, 4) is 0 Å². The van der Waals surface area contributed by atoms with E-state index in [4.69, 9.17) is 0 Å². The highest BCUT2D eigenvalue weighted by Gasteiger charge is 2.36. The van der Waals surface area contributed by atoms with Crippen LogP contribution in [-0.2, 0) is 17.8 Å². The molecule has 0 radical (unpaired) electrons. The van der Waals surface area contributed by atoms with Gasteiger partial charge in [0.25, 0.3) is 0 Å². The van der Waals surface area contributed by atoms with E-state index in [1.54, 1.807) is 11.3 Å². The molecule has 1 aromatic heterocycles. The molecule has 2 N–H and O–H groups in total. The number of amides is 1. The summed E-state index contributed by atoms with van der Waals surface area (Å²) >= 11 is 1.68. The van der Waals surface area contributed by atoms with Crippen molar-refractivity contribution in [1.29, 1.82) is 0 Å². The van der Waals surface area contributed by atoms with Gasteiger partial charge in [0.05, 0.1) is 12.6 Å². The maximum Gasteiger partial charge on any atom is 0.238 e.